The summed E-state index contributed by atoms with van der Waals surface area (Å²) in [5.41, 5.74) is 2.01. The van der Waals surface area contributed by atoms with E-state index in [1.54, 1.807) is 25.1 Å². The van der Waals surface area contributed by atoms with Crippen LogP contribution in [0.1, 0.15) is 12.5 Å². The van der Waals surface area contributed by atoms with Gasteiger partial charge in [0.1, 0.15) is 0 Å². The van der Waals surface area contributed by atoms with E-state index in [0.29, 0.717) is 11.3 Å². The van der Waals surface area contributed by atoms with Gasteiger partial charge in [-0.05, 0) is 24.6 Å². The first kappa shape index (κ1) is 10.4. The second kappa shape index (κ2) is 3.77. The molecule has 1 aromatic carbocycles. The van der Waals surface area contributed by atoms with E-state index in [1.807, 2.05) is 12.1 Å². The molecule has 1 aliphatic rings. The monoisotopic (exact) mass is 213 g/mol. The van der Waals surface area contributed by atoms with Crippen molar-refractivity contribution in [3.63, 3.8) is 0 Å². The summed E-state index contributed by atoms with van der Waals surface area (Å²) in [7, 11) is 0. The van der Waals surface area contributed by atoms with Gasteiger partial charge in [0.05, 0.1) is 5.69 Å². The molecule has 16 heavy (non-hydrogen) atoms. The normalized spacial score (nSPS) is 15.3. The van der Waals surface area contributed by atoms with Gasteiger partial charge < -0.3 is 0 Å². The van der Waals surface area contributed by atoms with Crippen LogP contribution in [-0.2, 0) is 9.59 Å². The number of benzene rings is 1. The molecule has 1 heterocycles. The molecule has 0 unspecified atom stereocenters. The fraction of sp³-hybridized carbons (Fsp3) is 0.0769. The predicted molar refractivity (Wildman–Crippen MR) is 62.8 cm³/mol. The molecule has 0 aromatic heterocycles. The predicted octanol–water partition coefficient (Wildman–Crippen LogP) is 2.15. The highest BCUT2D eigenvalue weighted by atomic mass is 16.2. The van der Waals surface area contributed by atoms with Crippen LogP contribution in [-0.4, -0.2) is 11.8 Å². The van der Waals surface area contributed by atoms with Gasteiger partial charge >= 0.3 is 0 Å². The molecule has 3 heteroatoms. The van der Waals surface area contributed by atoms with Crippen LogP contribution in [0.15, 0.2) is 42.5 Å². The van der Waals surface area contributed by atoms with E-state index in [1.165, 1.54) is 11.0 Å². The third kappa shape index (κ3) is 1.56. The van der Waals surface area contributed by atoms with Crippen molar-refractivity contribution in [2.45, 2.75) is 6.92 Å². The Morgan fingerprint density at radius 3 is 2.25 bits per heavy atom. The standard InChI is InChI=1S/C13H11NO2/c1-3-10-4-6-11(7-5-10)14-12(15)8-9(2)13(14)16/h3-8H,1H2,2H3. The first-order chi connectivity index (χ1) is 7.63. The van der Waals surface area contributed by atoms with Gasteiger partial charge in [0.2, 0.25) is 0 Å². The van der Waals surface area contributed by atoms with Crippen LogP contribution in [0.5, 0.6) is 0 Å². The van der Waals surface area contributed by atoms with Crippen molar-refractivity contribution in [3.8, 4) is 0 Å². The van der Waals surface area contributed by atoms with Crippen molar-refractivity contribution in [2.24, 2.45) is 0 Å². The molecule has 3 nitrogen and oxygen atoms in total. The first-order valence-electron chi connectivity index (χ1n) is 4.92. The SMILES string of the molecule is C=Cc1ccc(N2C(=O)C=C(C)C2=O)cc1. The Bertz CT molecular complexity index is 497. The number of nitrogens with zero attached hydrogens (tertiary/aromatic N) is 1. The van der Waals surface area contributed by atoms with E-state index >= 15 is 0 Å². The molecule has 0 aliphatic carbocycles. The summed E-state index contributed by atoms with van der Waals surface area (Å²) in [4.78, 5) is 24.4. The maximum absolute atomic E-state index is 11.7. The lowest BCUT2D eigenvalue weighted by Gasteiger charge is -2.14. The molecule has 0 saturated heterocycles. The van der Waals surface area contributed by atoms with Crippen LogP contribution in [0.2, 0.25) is 0 Å². The van der Waals surface area contributed by atoms with Crippen LogP contribution in [0.4, 0.5) is 5.69 Å². The zero-order valence-corrected chi connectivity index (χ0v) is 8.93. The van der Waals surface area contributed by atoms with Crippen molar-refractivity contribution in [2.75, 3.05) is 4.90 Å². The van der Waals surface area contributed by atoms with Gasteiger partial charge in [-0.25, -0.2) is 4.90 Å². The van der Waals surface area contributed by atoms with Crippen molar-refractivity contribution in [1.82, 2.24) is 0 Å². The number of anilines is 1. The molecule has 2 rings (SSSR count). The molecule has 0 N–H and O–H groups in total. The zero-order valence-electron chi connectivity index (χ0n) is 8.93. The number of rotatable bonds is 2. The van der Waals surface area contributed by atoms with Crippen LogP contribution >= 0.6 is 0 Å². The number of amides is 2. The second-order valence-corrected chi connectivity index (χ2v) is 3.60. The Morgan fingerprint density at radius 2 is 1.81 bits per heavy atom. The number of hydrogen-bond donors (Lipinski definition) is 0. The van der Waals surface area contributed by atoms with E-state index in [9.17, 15) is 9.59 Å². The molecule has 0 bridgehead atoms. The summed E-state index contributed by atoms with van der Waals surface area (Å²) in [5, 5.41) is 0. The summed E-state index contributed by atoms with van der Waals surface area (Å²) < 4.78 is 0. The van der Waals surface area contributed by atoms with Gasteiger partial charge in [-0.1, -0.05) is 24.8 Å². The van der Waals surface area contributed by atoms with E-state index in [4.69, 9.17) is 0 Å². The quantitative estimate of drug-likeness (QED) is 0.706. The average molecular weight is 213 g/mol. The minimum atomic E-state index is -0.283. The smallest absolute Gasteiger partial charge is 0.261 e. The summed E-state index contributed by atoms with van der Waals surface area (Å²) in [6.45, 7) is 5.28. The third-order valence-electron chi connectivity index (χ3n) is 2.49. The van der Waals surface area contributed by atoms with E-state index in [-0.39, 0.29) is 11.8 Å². The first-order valence-corrected chi connectivity index (χ1v) is 4.92. The number of hydrogen-bond acceptors (Lipinski definition) is 2. The van der Waals surface area contributed by atoms with E-state index in [0.717, 1.165) is 5.56 Å². The Kier molecular flexibility index (Phi) is 2.44. The van der Waals surface area contributed by atoms with Crippen molar-refractivity contribution >= 4 is 23.6 Å². The maximum Gasteiger partial charge on any atom is 0.261 e. The van der Waals surface area contributed by atoms with Crippen LogP contribution in [0, 0.1) is 0 Å². The minimum Gasteiger partial charge on any atom is -0.269 e. The fourth-order valence-corrected chi connectivity index (χ4v) is 1.59. The van der Waals surface area contributed by atoms with Gasteiger partial charge in [0.15, 0.2) is 0 Å². The van der Waals surface area contributed by atoms with Crippen LogP contribution in [0.25, 0.3) is 6.08 Å². The molecule has 0 atom stereocenters. The van der Waals surface area contributed by atoms with Gasteiger partial charge in [-0.2, -0.15) is 0 Å². The van der Waals surface area contributed by atoms with E-state index in [2.05, 4.69) is 6.58 Å². The summed E-state index contributed by atoms with van der Waals surface area (Å²) >= 11 is 0. The lowest BCUT2D eigenvalue weighted by atomic mass is 10.2. The van der Waals surface area contributed by atoms with Crippen LogP contribution < -0.4 is 4.90 Å². The number of imide groups is 1. The zero-order chi connectivity index (χ0) is 11.7. The number of carbonyl (C=O) groups excluding carboxylic acids is 2. The van der Waals surface area contributed by atoms with Gasteiger partial charge in [-0.3, -0.25) is 9.59 Å². The topological polar surface area (TPSA) is 37.4 Å². The molecular formula is C13H11NO2. The molecule has 0 spiro atoms. The van der Waals surface area contributed by atoms with Gasteiger partial charge in [0, 0.05) is 11.6 Å². The molecule has 0 fully saturated rings. The van der Waals surface area contributed by atoms with Crippen molar-refractivity contribution in [3.05, 3.63) is 48.1 Å². The minimum absolute atomic E-state index is 0.253. The highest BCUT2D eigenvalue weighted by molar-refractivity contribution is 6.30. The molecule has 0 saturated carbocycles. The van der Waals surface area contributed by atoms with E-state index < -0.39 is 0 Å². The highest BCUT2D eigenvalue weighted by Gasteiger charge is 2.29. The maximum atomic E-state index is 11.7. The molecule has 1 aliphatic heterocycles. The lowest BCUT2D eigenvalue weighted by Crippen LogP contribution is -2.30. The molecule has 2 amide bonds. The highest BCUT2D eigenvalue weighted by Crippen LogP contribution is 2.22. The Hall–Kier alpha value is -2.16. The molecular weight excluding hydrogens is 202 g/mol. The average Bonchev–Trinajstić information content (AvgIpc) is 2.54. The Balaban J connectivity index is 2.35. The van der Waals surface area contributed by atoms with Gasteiger partial charge in [-0.15, -0.1) is 0 Å². The molecule has 0 radical (unpaired) electrons. The molecule has 80 valence electrons. The van der Waals surface area contributed by atoms with Crippen molar-refractivity contribution in [1.29, 1.82) is 0 Å². The van der Waals surface area contributed by atoms with Gasteiger partial charge in [0.25, 0.3) is 11.8 Å². The molecule has 1 aromatic rings. The third-order valence-corrected chi connectivity index (χ3v) is 2.49. The fourth-order valence-electron chi connectivity index (χ4n) is 1.59. The summed E-state index contributed by atoms with van der Waals surface area (Å²) in [6, 6.07) is 7.10. The Labute approximate surface area is 93.7 Å². The van der Waals surface area contributed by atoms with Crippen LogP contribution in [0.3, 0.4) is 0 Å². The summed E-state index contributed by atoms with van der Waals surface area (Å²) in [6.07, 6.45) is 3.06. The second-order valence-electron chi connectivity index (χ2n) is 3.60. The number of carbonyl (C=O) groups is 2. The summed E-state index contributed by atoms with van der Waals surface area (Å²) in [5.74, 6) is -0.537. The lowest BCUT2D eigenvalue weighted by molar-refractivity contribution is -0.120. The largest absolute Gasteiger partial charge is 0.269 e. The van der Waals surface area contributed by atoms with Crippen molar-refractivity contribution < 1.29 is 9.59 Å². The Morgan fingerprint density at radius 1 is 1.19 bits per heavy atom.